The second-order valence-corrected chi connectivity index (χ2v) is 8.74. The molecule has 1 saturated heterocycles. The Hall–Kier alpha value is -2.68. The van der Waals surface area contributed by atoms with Crippen LogP contribution in [-0.2, 0) is 38.4 Å². The molecule has 3 atom stereocenters. The number of cyclic esters (lactones) is 1. The summed E-state index contributed by atoms with van der Waals surface area (Å²) in [6, 6.07) is 7.36. The molecule has 9 heteroatoms. The zero-order chi connectivity index (χ0) is 21.7. The second kappa shape index (κ2) is 9.21. The minimum atomic E-state index is -4.38. The summed E-state index contributed by atoms with van der Waals surface area (Å²) in [6.45, 7) is 1.85. The fourth-order valence-electron chi connectivity index (χ4n) is 3.47. The number of ether oxygens (including phenoxy) is 3. The average molecular weight is 424 g/mol. The topological polar surface area (TPSA) is 113 Å². The Labute approximate surface area is 169 Å². The van der Waals surface area contributed by atoms with E-state index in [1.807, 2.05) is 6.92 Å². The summed E-state index contributed by atoms with van der Waals surface area (Å²) in [5.74, 6) is -3.63. The fraction of sp³-hybridized carbons (Fsp3) is 0.450. The number of hydrogen-bond acceptors (Lipinski definition) is 8. The van der Waals surface area contributed by atoms with Crippen LogP contribution in [0.2, 0.25) is 0 Å². The maximum absolute atomic E-state index is 13.6. The summed E-state index contributed by atoms with van der Waals surface area (Å²) < 4.78 is 39.7. The summed E-state index contributed by atoms with van der Waals surface area (Å²) in [4.78, 5) is 36.7. The molecule has 1 heterocycles. The first-order chi connectivity index (χ1) is 13.7. The number of esters is 3. The van der Waals surface area contributed by atoms with Gasteiger partial charge < -0.3 is 14.2 Å². The van der Waals surface area contributed by atoms with Crippen LogP contribution >= 0.6 is 0 Å². The van der Waals surface area contributed by atoms with Crippen LogP contribution in [0.4, 0.5) is 0 Å². The quantitative estimate of drug-likeness (QED) is 0.353. The molecule has 1 aliphatic heterocycles. The van der Waals surface area contributed by atoms with Gasteiger partial charge in [-0.2, -0.15) is 0 Å². The maximum atomic E-state index is 13.6. The Balaban J connectivity index is 2.75. The molecule has 0 radical (unpaired) electrons. The molecule has 8 nitrogen and oxygen atoms in total. The Morgan fingerprint density at radius 2 is 1.83 bits per heavy atom. The van der Waals surface area contributed by atoms with Gasteiger partial charge in [0, 0.05) is 12.0 Å². The van der Waals surface area contributed by atoms with Crippen molar-refractivity contribution in [3.05, 3.63) is 42.5 Å². The molecule has 1 aliphatic rings. The van der Waals surface area contributed by atoms with Crippen LogP contribution in [0.5, 0.6) is 0 Å². The van der Waals surface area contributed by atoms with Crippen LogP contribution in [0, 0.1) is 5.92 Å². The first kappa shape index (κ1) is 22.6. The summed E-state index contributed by atoms with van der Waals surface area (Å²) in [6.07, 6.45) is 1.60. The van der Waals surface area contributed by atoms with Crippen molar-refractivity contribution in [3.8, 4) is 0 Å². The van der Waals surface area contributed by atoms with Crippen LogP contribution in [0.25, 0.3) is 0 Å². The number of rotatable bonds is 8. The molecule has 0 aliphatic carbocycles. The molecular weight excluding hydrogens is 400 g/mol. The highest BCUT2D eigenvalue weighted by Crippen LogP contribution is 2.46. The number of carbonyl (C=O) groups is 3. The monoisotopic (exact) mass is 424 g/mol. The van der Waals surface area contributed by atoms with Gasteiger partial charge in [0.1, 0.15) is 6.10 Å². The highest BCUT2D eigenvalue weighted by Gasteiger charge is 2.64. The van der Waals surface area contributed by atoms with E-state index < -0.39 is 44.5 Å². The zero-order valence-electron chi connectivity index (χ0n) is 16.5. The van der Waals surface area contributed by atoms with E-state index in [1.54, 1.807) is 6.07 Å². The number of carbonyl (C=O) groups excluding carboxylic acids is 3. The molecule has 29 heavy (non-hydrogen) atoms. The molecule has 0 aromatic heterocycles. The average Bonchev–Trinajstić information content (AvgIpc) is 2.98. The predicted octanol–water partition coefficient (Wildman–Crippen LogP) is 1.83. The Kier molecular flexibility index (Phi) is 7.18. The standard InChI is InChI=1S/C20H24O8S/c1-4-8-16-15(13-18(22)27-3)20(19(23)28-16,12-11-17(21)26-2)29(24,25)14-9-6-5-7-10-14/h5-7,9-12,15-16H,4,8,13H2,1-3H3/b12-11+/t15-,16-,20+/m1/s1. The summed E-state index contributed by atoms with van der Waals surface area (Å²) >= 11 is 0. The highest BCUT2D eigenvalue weighted by atomic mass is 32.2. The van der Waals surface area contributed by atoms with Crippen LogP contribution < -0.4 is 0 Å². The van der Waals surface area contributed by atoms with Gasteiger partial charge in [-0.25, -0.2) is 18.0 Å². The third-order valence-electron chi connectivity index (χ3n) is 4.93. The number of hydrogen-bond donors (Lipinski definition) is 0. The zero-order valence-corrected chi connectivity index (χ0v) is 17.3. The van der Waals surface area contributed by atoms with Crippen molar-refractivity contribution in [2.45, 2.75) is 41.9 Å². The van der Waals surface area contributed by atoms with Crippen LogP contribution in [0.1, 0.15) is 26.2 Å². The summed E-state index contributed by atoms with van der Waals surface area (Å²) in [5, 5.41) is 0. The molecule has 2 rings (SSSR count). The van der Waals surface area contributed by atoms with Gasteiger partial charge in [0.05, 0.1) is 25.5 Å². The Bertz CT molecular complexity index is 890. The number of benzene rings is 1. The Morgan fingerprint density at radius 3 is 2.38 bits per heavy atom. The van der Waals surface area contributed by atoms with E-state index in [0.29, 0.717) is 12.8 Å². The van der Waals surface area contributed by atoms with E-state index >= 15 is 0 Å². The van der Waals surface area contributed by atoms with E-state index in [-0.39, 0.29) is 11.3 Å². The van der Waals surface area contributed by atoms with E-state index in [9.17, 15) is 22.8 Å². The van der Waals surface area contributed by atoms with Crippen molar-refractivity contribution in [2.75, 3.05) is 14.2 Å². The summed E-state index contributed by atoms with van der Waals surface area (Å²) in [5.41, 5.74) is 0. The molecule has 0 amide bonds. The second-order valence-electron chi connectivity index (χ2n) is 6.59. The highest BCUT2D eigenvalue weighted by molar-refractivity contribution is 7.93. The first-order valence-electron chi connectivity index (χ1n) is 9.09. The maximum Gasteiger partial charge on any atom is 0.332 e. The van der Waals surface area contributed by atoms with Gasteiger partial charge in [0.15, 0.2) is 14.6 Å². The summed E-state index contributed by atoms with van der Waals surface area (Å²) in [7, 11) is -2.08. The largest absolute Gasteiger partial charge is 0.469 e. The molecule has 1 aromatic carbocycles. The fourth-order valence-corrected chi connectivity index (χ4v) is 5.53. The van der Waals surface area contributed by atoms with Crippen LogP contribution in [0.15, 0.2) is 47.4 Å². The van der Waals surface area contributed by atoms with Crippen molar-refractivity contribution >= 4 is 27.7 Å². The third-order valence-corrected chi connectivity index (χ3v) is 7.32. The van der Waals surface area contributed by atoms with Gasteiger partial charge in [0.2, 0.25) is 0 Å². The van der Waals surface area contributed by atoms with Gasteiger partial charge in [0.25, 0.3) is 0 Å². The minimum absolute atomic E-state index is 0.126. The lowest BCUT2D eigenvalue weighted by Crippen LogP contribution is -2.48. The molecule has 1 aromatic rings. The number of methoxy groups -OCH3 is 2. The molecule has 0 unspecified atom stereocenters. The molecule has 0 bridgehead atoms. The van der Waals surface area contributed by atoms with Crippen molar-refractivity contribution in [1.29, 1.82) is 0 Å². The van der Waals surface area contributed by atoms with E-state index in [2.05, 4.69) is 4.74 Å². The molecule has 158 valence electrons. The van der Waals surface area contributed by atoms with Gasteiger partial charge in [-0.1, -0.05) is 31.5 Å². The SMILES string of the molecule is CCC[C@H]1OC(=O)[C@@](/C=C/C(=O)OC)(S(=O)(=O)c2ccccc2)[C@@H]1CC(=O)OC. The lowest BCUT2D eigenvalue weighted by molar-refractivity contribution is -0.144. The van der Waals surface area contributed by atoms with Gasteiger partial charge in [-0.3, -0.25) is 4.79 Å². The molecule has 0 saturated carbocycles. The van der Waals surface area contributed by atoms with E-state index in [1.165, 1.54) is 31.4 Å². The van der Waals surface area contributed by atoms with E-state index in [4.69, 9.17) is 9.47 Å². The minimum Gasteiger partial charge on any atom is -0.469 e. The normalized spacial score (nSPS) is 24.3. The van der Waals surface area contributed by atoms with Crippen molar-refractivity contribution in [1.82, 2.24) is 0 Å². The Morgan fingerprint density at radius 1 is 1.17 bits per heavy atom. The smallest absolute Gasteiger partial charge is 0.332 e. The lowest BCUT2D eigenvalue weighted by atomic mass is 9.84. The van der Waals surface area contributed by atoms with Crippen LogP contribution in [0.3, 0.4) is 0 Å². The van der Waals surface area contributed by atoms with Crippen molar-refractivity contribution in [3.63, 3.8) is 0 Å². The molecule has 1 fully saturated rings. The number of sulfone groups is 1. The molecule has 0 spiro atoms. The van der Waals surface area contributed by atoms with Gasteiger partial charge in [-0.05, 0) is 24.6 Å². The van der Waals surface area contributed by atoms with Gasteiger partial charge in [-0.15, -0.1) is 0 Å². The van der Waals surface area contributed by atoms with Crippen molar-refractivity contribution < 1.29 is 37.0 Å². The van der Waals surface area contributed by atoms with Gasteiger partial charge >= 0.3 is 17.9 Å². The molecule has 0 N–H and O–H groups in total. The predicted molar refractivity (Wildman–Crippen MR) is 102 cm³/mol. The molecular formula is C20H24O8S. The lowest BCUT2D eigenvalue weighted by Gasteiger charge is -2.29. The van der Waals surface area contributed by atoms with Crippen molar-refractivity contribution in [2.24, 2.45) is 5.92 Å². The first-order valence-corrected chi connectivity index (χ1v) is 10.6. The van der Waals surface area contributed by atoms with E-state index in [0.717, 1.165) is 19.3 Å². The third kappa shape index (κ3) is 4.19. The van der Waals surface area contributed by atoms with Crippen LogP contribution in [-0.4, -0.2) is 51.4 Å².